The zero-order valence-corrected chi connectivity index (χ0v) is 11.4. The molecule has 0 aromatic carbocycles. The van der Waals surface area contributed by atoms with E-state index in [1.807, 2.05) is 6.07 Å². The van der Waals surface area contributed by atoms with Gasteiger partial charge in [0.05, 0.1) is 9.50 Å². The van der Waals surface area contributed by atoms with E-state index in [9.17, 15) is 0 Å². The SMILES string of the molecule is CC(C)CCCNc1ncc(Cl)cc1Br. The Morgan fingerprint density at radius 1 is 1.53 bits per heavy atom. The molecule has 0 saturated carbocycles. The molecule has 1 rings (SSSR count). The first-order valence-corrected chi connectivity index (χ1v) is 6.31. The molecule has 1 heterocycles. The number of aromatic nitrogens is 1. The summed E-state index contributed by atoms with van der Waals surface area (Å²) in [6, 6.07) is 1.85. The van der Waals surface area contributed by atoms with Crippen LogP contribution in [0.15, 0.2) is 16.7 Å². The number of hydrogen-bond acceptors (Lipinski definition) is 2. The van der Waals surface area contributed by atoms with Crippen LogP contribution >= 0.6 is 27.5 Å². The van der Waals surface area contributed by atoms with E-state index < -0.39 is 0 Å². The standard InChI is InChI=1S/C11H16BrClN2/c1-8(2)4-3-5-14-11-10(12)6-9(13)7-15-11/h6-8H,3-5H2,1-2H3,(H,14,15). The Kier molecular flexibility index (Phi) is 5.40. The third-order valence-corrected chi connectivity index (χ3v) is 2.87. The average molecular weight is 292 g/mol. The van der Waals surface area contributed by atoms with Gasteiger partial charge in [-0.1, -0.05) is 25.4 Å². The van der Waals surface area contributed by atoms with Crippen molar-refractivity contribution in [3.05, 3.63) is 21.8 Å². The molecule has 15 heavy (non-hydrogen) atoms. The third-order valence-electron chi connectivity index (χ3n) is 2.06. The van der Waals surface area contributed by atoms with Gasteiger partial charge in [-0.25, -0.2) is 4.98 Å². The summed E-state index contributed by atoms with van der Waals surface area (Å²) in [5.41, 5.74) is 0. The summed E-state index contributed by atoms with van der Waals surface area (Å²) in [5.74, 6) is 1.62. The van der Waals surface area contributed by atoms with Crippen LogP contribution in [0.4, 0.5) is 5.82 Å². The van der Waals surface area contributed by atoms with Crippen LogP contribution < -0.4 is 5.32 Å². The summed E-state index contributed by atoms with van der Waals surface area (Å²) in [4.78, 5) is 4.20. The van der Waals surface area contributed by atoms with Crippen molar-refractivity contribution in [3.63, 3.8) is 0 Å². The van der Waals surface area contributed by atoms with E-state index in [4.69, 9.17) is 11.6 Å². The fourth-order valence-corrected chi connectivity index (χ4v) is 2.04. The number of halogens is 2. The highest BCUT2D eigenvalue weighted by Gasteiger charge is 2.01. The predicted octanol–water partition coefficient (Wildman–Crippen LogP) is 4.35. The summed E-state index contributed by atoms with van der Waals surface area (Å²) >= 11 is 9.22. The first kappa shape index (κ1) is 12.8. The van der Waals surface area contributed by atoms with Crippen molar-refractivity contribution in [3.8, 4) is 0 Å². The molecule has 0 aliphatic heterocycles. The molecule has 1 N–H and O–H groups in total. The molecule has 1 aromatic heterocycles. The van der Waals surface area contributed by atoms with Crippen molar-refractivity contribution in [1.29, 1.82) is 0 Å². The Labute approximate surface area is 105 Å². The van der Waals surface area contributed by atoms with Crippen molar-refractivity contribution < 1.29 is 0 Å². The second kappa shape index (κ2) is 6.33. The van der Waals surface area contributed by atoms with Crippen LogP contribution in [0.25, 0.3) is 0 Å². The van der Waals surface area contributed by atoms with Crippen LogP contribution in [-0.4, -0.2) is 11.5 Å². The molecule has 0 aliphatic rings. The molecule has 2 nitrogen and oxygen atoms in total. The number of anilines is 1. The first-order valence-electron chi connectivity index (χ1n) is 5.14. The smallest absolute Gasteiger partial charge is 0.140 e. The number of pyridine rings is 1. The maximum absolute atomic E-state index is 5.80. The normalized spacial score (nSPS) is 10.7. The second-order valence-corrected chi connectivity index (χ2v) is 5.24. The molecule has 0 unspecified atom stereocenters. The number of nitrogens with zero attached hydrogens (tertiary/aromatic N) is 1. The van der Waals surface area contributed by atoms with Gasteiger partial charge in [0.1, 0.15) is 5.82 Å². The van der Waals surface area contributed by atoms with E-state index in [0.717, 1.165) is 29.2 Å². The van der Waals surface area contributed by atoms with Gasteiger partial charge in [0, 0.05) is 12.7 Å². The van der Waals surface area contributed by atoms with Gasteiger partial charge in [0.15, 0.2) is 0 Å². The fraction of sp³-hybridized carbons (Fsp3) is 0.545. The van der Waals surface area contributed by atoms with Crippen LogP contribution in [0.2, 0.25) is 5.02 Å². The lowest BCUT2D eigenvalue weighted by molar-refractivity contribution is 0.566. The van der Waals surface area contributed by atoms with Gasteiger partial charge in [-0.2, -0.15) is 0 Å². The lowest BCUT2D eigenvalue weighted by Gasteiger charge is -2.08. The second-order valence-electron chi connectivity index (χ2n) is 3.95. The fourth-order valence-electron chi connectivity index (χ4n) is 1.26. The quantitative estimate of drug-likeness (QED) is 0.816. The van der Waals surface area contributed by atoms with E-state index in [1.165, 1.54) is 6.42 Å². The zero-order valence-electron chi connectivity index (χ0n) is 9.06. The van der Waals surface area contributed by atoms with Crippen molar-refractivity contribution in [1.82, 2.24) is 4.98 Å². The van der Waals surface area contributed by atoms with Crippen LogP contribution in [0.5, 0.6) is 0 Å². The topological polar surface area (TPSA) is 24.9 Å². The van der Waals surface area contributed by atoms with Crippen molar-refractivity contribution in [2.45, 2.75) is 26.7 Å². The molecule has 84 valence electrons. The van der Waals surface area contributed by atoms with Crippen LogP contribution in [0.3, 0.4) is 0 Å². The maximum Gasteiger partial charge on any atom is 0.140 e. The summed E-state index contributed by atoms with van der Waals surface area (Å²) in [7, 11) is 0. The average Bonchev–Trinajstić information content (AvgIpc) is 2.14. The van der Waals surface area contributed by atoms with Crippen LogP contribution in [-0.2, 0) is 0 Å². The molecule has 0 spiro atoms. The molecule has 0 saturated heterocycles. The Hall–Kier alpha value is -0.280. The predicted molar refractivity (Wildman–Crippen MR) is 69.5 cm³/mol. The molecule has 4 heteroatoms. The van der Waals surface area contributed by atoms with E-state index in [2.05, 4.69) is 40.1 Å². The van der Waals surface area contributed by atoms with Gasteiger partial charge in [-0.05, 0) is 40.8 Å². The highest BCUT2D eigenvalue weighted by Crippen LogP contribution is 2.23. The highest BCUT2D eigenvalue weighted by atomic mass is 79.9. The minimum Gasteiger partial charge on any atom is -0.369 e. The van der Waals surface area contributed by atoms with E-state index >= 15 is 0 Å². The van der Waals surface area contributed by atoms with Crippen molar-refractivity contribution in [2.24, 2.45) is 5.92 Å². The number of nitrogens with one attached hydrogen (secondary N) is 1. The third kappa shape index (κ3) is 4.85. The summed E-state index contributed by atoms with van der Waals surface area (Å²) in [6.45, 7) is 5.42. The molecular formula is C11H16BrClN2. The van der Waals surface area contributed by atoms with Gasteiger partial charge in [0.25, 0.3) is 0 Å². The van der Waals surface area contributed by atoms with Gasteiger partial charge in [0.2, 0.25) is 0 Å². The van der Waals surface area contributed by atoms with E-state index in [-0.39, 0.29) is 0 Å². The Morgan fingerprint density at radius 2 is 2.27 bits per heavy atom. The molecule has 0 atom stereocenters. The van der Waals surface area contributed by atoms with Crippen LogP contribution in [0, 0.1) is 5.92 Å². The molecule has 0 fully saturated rings. The lowest BCUT2D eigenvalue weighted by atomic mass is 10.1. The van der Waals surface area contributed by atoms with Crippen LogP contribution in [0.1, 0.15) is 26.7 Å². The van der Waals surface area contributed by atoms with Gasteiger partial charge in [-0.15, -0.1) is 0 Å². The molecule has 0 amide bonds. The number of rotatable bonds is 5. The highest BCUT2D eigenvalue weighted by molar-refractivity contribution is 9.10. The minimum atomic E-state index is 0.648. The summed E-state index contributed by atoms with van der Waals surface area (Å²) < 4.78 is 0.916. The van der Waals surface area contributed by atoms with Gasteiger partial charge >= 0.3 is 0 Å². The Balaban J connectivity index is 2.37. The molecular weight excluding hydrogens is 275 g/mol. The van der Waals surface area contributed by atoms with Gasteiger partial charge in [-0.3, -0.25) is 0 Å². The number of hydrogen-bond donors (Lipinski definition) is 1. The largest absolute Gasteiger partial charge is 0.369 e. The summed E-state index contributed by atoms with van der Waals surface area (Å²) in [5, 5.41) is 3.93. The zero-order chi connectivity index (χ0) is 11.3. The minimum absolute atomic E-state index is 0.648. The Bertz CT molecular complexity index is 315. The molecule has 0 aliphatic carbocycles. The van der Waals surface area contributed by atoms with E-state index in [1.54, 1.807) is 6.20 Å². The van der Waals surface area contributed by atoms with Crippen molar-refractivity contribution in [2.75, 3.05) is 11.9 Å². The first-order chi connectivity index (χ1) is 7.09. The molecule has 1 aromatic rings. The Morgan fingerprint density at radius 3 is 2.87 bits per heavy atom. The monoisotopic (exact) mass is 290 g/mol. The van der Waals surface area contributed by atoms with Crippen molar-refractivity contribution >= 4 is 33.3 Å². The maximum atomic E-state index is 5.80. The molecule has 0 bridgehead atoms. The van der Waals surface area contributed by atoms with Gasteiger partial charge < -0.3 is 5.32 Å². The lowest BCUT2D eigenvalue weighted by Crippen LogP contribution is -2.05. The van der Waals surface area contributed by atoms with E-state index in [0.29, 0.717) is 5.02 Å². The summed E-state index contributed by atoms with van der Waals surface area (Å²) in [6.07, 6.45) is 4.05. The molecule has 0 radical (unpaired) electrons.